The van der Waals surface area contributed by atoms with Gasteiger partial charge >= 0.3 is 18.1 Å². The van der Waals surface area contributed by atoms with E-state index < -0.39 is 49.7 Å². The molecule has 236 valence electrons. The molecule has 2 unspecified atom stereocenters. The minimum Gasteiger partial charge on any atom is -0.486 e. The van der Waals surface area contributed by atoms with Crippen molar-refractivity contribution in [3.05, 3.63) is 57.6 Å². The van der Waals surface area contributed by atoms with Gasteiger partial charge in [-0.25, -0.2) is 13.6 Å². The second-order valence-corrected chi connectivity index (χ2v) is 11.3. The minimum absolute atomic E-state index is 0.0620. The molecule has 0 spiro atoms. The largest absolute Gasteiger partial charge is 0.491 e. The molecule has 43 heavy (non-hydrogen) atoms. The molecule has 0 aromatic heterocycles. The molecule has 2 heterocycles. The number of aliphatic hydroxyl groups excluding tert-OH is 1. The Hall–Kier alpha value is -2.71. The molecule has 8 nitrogen and oxygen atoms in total. The molecule has 0 amide bonds. The van der Waals surface area contributed by atoms with Gasteiger partial charge < -0.3 is 24.8 Å². The smallest absolute Gasteiger partial charge is 0.486 e. The van der Waals surface area contributed by atoms with Gasteiger partial charge in [0.25, 0.3) is 6.43 Å². The summed E-state index contributed by atoms with van der Waals surface area (Å²) in [6, 6.07) is 9.84. The molecule has 0 bridgehead atoms. The first-order valence-electron chi connectivity index (χ1n) is 13.5. The van der Waals surface area contributed by atoms with Crippen LogP contribution in [-0.2, 0) is 27.3 Å². The Kier molecular flexibility index (Phi) is 11.1. The molecule has 15 heteroatoms. The number of rotatable bonds is 10. The Balaban J connectivity index is 1.42. The van der Waals surface area contributed by atoms with E-state index in [9.17, 15) is 36.6 Å². The van der Waals surface area contributed by atoms with E-state index in [0.717, 1.165) is 38.0 Å². The predicted octanol–water partition coefficient (Wildman–Crippen LogP) is 4.62. The van der Waals surface area contributed by atoms with Gasteiger partial charge in [-0.2, -0.15) is 13.2 Å². The van der Waals surface area contributed by atoms with Crippen molar-refractivity contribution in [2.75, 3.05) is 37.7 Å². The second kappa shape index (κ2) is 14.4. The van der Waals surface area contributed by atoms with Crippen LogP contribution in [0.25, 0.3) is 0 Å². The molecule has 2 N–H and O–H groups in total. The summed E-state index contributed by atoms with van der Waals surface area (Å²) < 4.78 is 72.3. The van der Waals surface area contributed by atoms with Crippen LogP contribution in [0.4, 0.5) is 27.6 Å². The van der Waals surface area contributed by atoms with Gasteiger partial charge in [0, 0.05) is 42.5 Å². The molecular formula is C28H30Cl2F5N3O5. The number of esters is 2. The third-order valence-electron chi connectivity index (χ3n) is 7.26. The number of nitrogens with zero attached hydrogens (tertiary/aromatic N) is 2. The van der Waals surface area contributed by atoms with Crippen molar-refractivity contribution >= 4 is 40.8 Å². The number of benzene rings is 2. The normalized spacial score (nSPS) is 20.1. The van der Waals surface area contributed by atoms with Gasteiger partial charge in [0.05, 0.1) is 23.6 Å². The van der Waals surface area contributed by atoms with Crippen LogP contribution in [0, 0.1) is 0 Å². The Morgan fingerprint density at radius 3 is 2.37 bits per heavy atom. The number of nitrogens with one attached hydrogen (secondary N) is 1. The molecule has 0 radical (unpaired) electrons. The summed E-state index contributed by atoms with van der Waals surface area (Å²) in [5.41, 5.74) is 1.43. The fraction of sp³-hybridized carbons (Fsp3) is 0.500. The number of alkyl halides is 5. The van der Waals surface area contributed by atoms with E-state index >= 15 is 0 Å². The Bertz CT molecular complexity index is 1280. The number of hydrogen-bond donors (Lipinski definition) is 2. The quantitative estimate of drug-likeness (QED) is 0.218. The molecule has 4 rings (SSSR count). The Morgan fingerprint density at radius 2 is 1.74 bits per heavy atom. The zero-order valence-corrected chi connectivity index (χ0v) is 24.3. The fourth-order valence-corrected chi connectivity index (χ4v) is 5.56. The van der Waals surface area contributed by atoms with E-state index in [1.807, 2.05) is 24.3 Å². The first kappa shape index (κ1) is 33.2. The van der Waals surface area contributed by atoms with E-state index in [1.54, 1.807) is 4.90 Å². The molecule has 2 atom stereocenters. The van der Waals surface area contributed by atoms with Crippen LogP contribution in [0.5, 0.6) is 5.75 Å². The lowest BCUT2D eigenvalue weighted by Gasteiger charge is -2.34. The van der Waals surface area contributed by atoms with Crippen LogP contribution < -0.4 is 15.0 Å². The van der Waals surface area contributed by atoms with Crippen molar-refractivity contribution in [2.24, 2.45) is 0 Å². The van der Waals surface area contributed by atoms with Gasteiger partial charge in [-0.05, 0) is 55.3 Å². The lowest BCUT2D eigenvalue weighted by atomic mass is 10.0. The van der Waals surface area contributed by atoms with E-state index in [2.05, 4.69) is 15.0 Å². The van der Waals surface area contributed by atoms with Crippen molar-refractivity contribution in [1.29, 1.82) is 0 Å². The number of halogens is 7. The second-order valence-electron chi connectivity index (χ2n) is 10.5. The number of hydrogen-bond acceptors (Lipinski definition) is 8. The first-order valence-corrected chi connectivity index (χ1v) is 14.2. The van der Waals surface area contributed by atoms with Crippen LogP contribution in [-0.4, -0.2) is 85.5 Å². The van der Waals surface area contributed by atoms with Crippen LogP contribution in [0.1, 0.15) is 24.0 Å². The number of β-amino-alcohol motifs (C(OH)–C–C–N with tert-alkyl or cyclic N) is 1. The summed E-state index contributed by atoms with van der Waals surface area (Å²) in [6.45, 7) is 1.77. The lowest BCUT2D eigenvalue weighted by Crippen LogP contribution is -2.49. The summed E-state index contributed by atoms with van der Waals surface area (Å²) in [4.78, 5) is 27.3. The van der Waals surface area contributed by atoms with Crippen molar-refractivity contribution in [2.45, 2.75) is 56.6 Å². The summed E-state index contributed by atoms with van der Waals surface area (Å²) in [5.74, 6) is -4.29. The molecule has 0 aliphatic carbocycles. The van der Waals surface area contributed by atoms with E-state index in [4.69, 9.17) is 27.9 Å². The van der Waals surface area contributed by atoms with Crippen molar-refractivity contribution in [3.8, 4) is 5.75 Å². The van der Waals surface area contributed by atoms with Crippen LogP contribution >= 0.6 is 23.2 Å². The van der Waals surface area contributed by atoms with Gasteiger partial charge in [-0.3, -0.25) is 9.69 Å². The maximum atomic E-state index is 12.8. The van der Waals surface area contributed by atoms with E-state index in [1.165, 1.54) is 12.1 Å². The highest BCUT2D eigenvalue weighted by atomic mass is 35.5. The van der Waals surface area contributed by atoms with E-state index in [-0.39, 0.29) is 41.2 Å². The number of ether oxygens (including phenoxy) is 2. The standard InChI is InChI=1S/C28H30Cl2F5N3O5/c29-18-3-1-16(2-4-18)12-37-7-5-19(6-8-37)36-21-13-38(14-23(21)39)22-11-24(42-15-25(31)32)20(30)9-17(22)10-26(40)43-27(41)28(33,34)35/h1-4,9,11,19,21,23,25,36,39H,5-8,10,12-15H2. The third kappa shape index (κ3) is 9.39. The average Bonchev–Trinajstić information content (AvgIpc) is 3.29. The highest BCUT2D eigenvalue weighted by Gasteiger charge is 2.42. The highest BCUT2D eigenvalue weighted by molar-refractivity contribution is 6.32. The number of carbonyl (C=O) groups excluding carboxylic acids is 2. The maximum Gasteiger partial charge on any atom is 0.491 e. The SMILES string of the molecule is O=C(Cc1cc(Cl)c(OCC(F)F)cc1N1CC(O)C(NC2CCN(Cc3ccc(Cl)cc3)CC2)C1)OC(=O)C(F)(F)F. The fourth-order valence-electron chi connectivity index (χ4n) is 5.19. The number of anilines is 1. The number of aliphatic hydroxyl groups is 1. The van der Waals surface area contributed by atoms with Crippen LogP contribution in [0.15, 0.2) is 36.4 Å². The van der Waals surface area contributed by atoms with E-state index in [0.29, 0.717) is 5.02 Å². The molecule has 2 aromatic carbocycles. The number of carbonyl (C=O) groups is 2. The van der Waals surface area contributed by atoms with Crippen molar-refractivity contribution in [3.63, 3.8) is 0 Å². The van der Waals surface area contributed by atoms with Crippen molar-refractivity contribution in [1.82, 2.24) is 10.2 Å². The monoisotopic (exact) mass is 653 g/mol. The van der Waals surface area contributed by atoms with Gasteiger partial charge in [-0.1, -0.05) is 35.3 Å². The van der Waals surface area contributed by atoms with Crippen LogP contribution in [0.3, 0.4) is 0 Å². The zero-order valence-electron chi connectivity index (χ0n) is 22.8. The number of piperidine rings is 1. The lowest BCUT2D eigenvalue weighted by molar-refractivity contribution is -0.201. The summed E-state index contributed by atoms with van der Waals surface area (Å²) in [6.07, 6.45) is -8.15. The summed E-state index contributed by atoms with van der Waals surface area (Å²) >= 11 is 12.1. The molecule has 2 aromatic rings. The topological polar surface area (TPSA) is 91.3 Å². The van der Waals surface area contributed by atoms with Gasteiger partial charge in [-0.15, -0.1) is 0 Å². The number of likely N-dealkylation sites (tertiary alicyclic amines) is 1. The minimum atomic E-state index is -5.37. The van der Waals surface area contributed by atoms with Crippen LogP contribution in [0.2, 0.25) is 10.0 Å². The molecule has 2 aliphatic rings. The highest BCUT2D eigenvalue weighted by Crippen LogP contribution is 2.36. The predicted molar refractivity (Wildman–Crippen MR) is 149 cm³/mol. The average molecular weight is 654 g/mol. The van der Waals surface area contributed by atoms with Crippen molar-refractivity contribution < 1.29 is 46.1 Å². The van der Waals surface area contributed by atoms with Gasteiger partial charge in [0.1, 0.15) is 12.4 Å². The van der Waals surface area contributed by atoms with Gasteiger partial charge in [0.15, 0.2) is 0 Å². The summed E-state index contributed by atoms with van der Waals surface area (Å²) in [5, 5.41) is 14.8. The van der Waals surface area contributed by atoms with Gasteiger partial charge in [0.2, 0.25) is 0 Å². The summed E-state index contributed by atoms with van der Waals surface area (Å²) in [7, 11) is 0. The first-order chi connectivity index (χ1) is 20.3. The Labute approximate surface area is 254 Å². The molecule has 2 saturated heterocycles. The third-order valence-corrected chi connectivity index (χ3v) is 7.80. The Morgan fingerprint density at radius 1 is 1.07 bits per heavy atom. The maximum absolute atomic E-state index is 12.8. The molecule has 2 fully saturated rings. The zero-order chi connectivity index (χ0) is 31.3. The molecule has 0 saturated carbocycles. The molecule has 2 aliphatic heterocycles. The molecular weight excluding hydrogens is 624 g/mol.